The lowest BCUT2D eigenvalue weighted by atomic mass is 10.2. The zero-order valence-electron chi connectivity index (χ0n) is 11.0. The number of aromatic amines is 1. The van der Waals surface area contributed by atoms with E-state index >= 15 is 0 Å². The first-order valence-electron chi connectivity index (χ1n) is 6.10. The molecular weight excluding hydrogens is 234 g/mol. The van der Waals surface area contributed by atoms with E-state index in [1.807, 2.05) is 13.8 Å². The second-order valence-electron chi connectivity index (χ2n) is 4.51. The fraction of sp³-hybridized carbons (Fsp3) is 0.727. The molecule has 1 amide bonds. The molecule has 7 heteroatoms. The first-order chi connectivity index (χ1) is 8.50. The van der Waals surface area contributed by atoms with Crippen LogP contribution in [0.1, 0.15) is 43.1 Å². The summed E-state index contributed by atoms with van der Waals surface area (Å²) < 4.78 is 0. The minimum absolute atomic E-state index is 0.161. The second kappa shape index (κ2) is 7.07. The zero-order chi connectivity index (χ0) is 13.5. The van der Waals surface area contributed by atoms with Crippen LogP contribution in [0.25, 0.3) is 0 Å². The van der Waals surface area contributed by atoms with Crippen LogP contribution in [0, 0.1) is 0 Å². The van der Waals surface area contributed by atoms with Gasteiger partial charge in [0, 0.05) is 25.6 Å². The fourth-order valence-corrected chi connectivity index (χ4v) is 1.29. The Balaban J connectivity index is 2.27. The van der Waals surface area contributed by atoms with Crippen LogP contribution in [-0.4, -0.2) is 51.9 Å². The van der Waals surface area contributed by atoms with Gasteiger partial charge in [0.2, 0.25) is 5.82 Å². The Labute approximate surface area is 106 Å². The topological polar surface area (TPSA) is 103 Å². The SMILES string of the molecule is CC(O)CNCCNC(=O)c1n[nH]c(C(C)C)n1. The van der Waals surface area contributed by atoms with Gasteiger partial charge in [-0.2, -0.15) is 0 Å². The summed E-state index contributed by atoms with van der Waals surface area (Å²) >= 11 is 0. The summed E-state index contributed by atoms with van der Waals surface area (Å²) in [4.78, 5) is 15.7. The number of aromatic nitrogens is 3. The van der Waals surface area contributed by atoms with Crippen molar-refractivity contribution in [2.24, 2.45) is 0 Å². The van der Waals surface area contributed by atoms with Crippen LogP contribution in [0.4, 0.5) is 0 Å². The molecule has 0 fully saturated rings. The summed E-state index contributed by atoms with van der Waals surface area (Å²) in [6.45, 7) is 7.22. The van der Waals surface area contributed by atoms with Crippen LogP contribution in [0.15, 0.2) is 0 Å². The van der Waals surface area contributed by atoms with E-state index in [1.54, 1.807) is 6.92 Å². The molecule has 0 saturated carbocycles. The number of hydrogen-bond donors (Lipinski definition) is 4. The van der Waals surface area contributed by atoms with Gasteiger partial charge in [0.05, 0.1) is 6.10 Å². The van der Waals surface area contributed by atoms with Gasteiger partial charge in [0.15, 0.2) is 0 Å². The molecule has 0 aromatic carbocycles. The highest BCUT2D eigenvalue weighted by atomic mass is 16.3. The molecule has 1 heterocycles. The predicted octanol–water partition coefficient (Wildman–Crippen LogP) is -0.372. The van der Waals surface area contributed by atoms with Crippen molar-refractivity contribution in [3.8, 4) is 0 Å². The zero-order valence-corrected chi connectivity index (χ0v) is 11.0. The number of hydrogen-bond acceptors (Lipinski definition) is 5. The number of amides is 1. The summed E-state index contributed by atoms with van der Waals surface area (Å²) in [5.74, 6) is 0.783. The highest BCUT2D eigenvalue weighted by molar-refractivity contribution is 5.90. The molecule has 1 rings (SSSR count). The molecule has 0 bridgehead atoms. The molecule has 0 aliphatic heterocycles. The molecule has 7 nitrogen and oxygen atoms in total. The summed E-state index contributed by atoms with van der Waals surface area (Å²) in [6, 6.07) is 0. The lowest BCUT2D eigenvalue weighted by Gasteiger charge is -2.06. The van der Waals surface area contributed by atoms with Crippen molar-refractivity contribution in [3.05, 3.63) is 11.6 Å². The van der Waals surface area contributed by atoms with Crippen molar-refractivity contribution >= 4 is 5.91 Å². The number of carbonyl (C=O) groups excluding carboxylic acids is 1. The first-order valence-corrected chi connectivity index (χ1v) is 6.10. The predicted molar refractivity (Wildman–Crippen MR) is 67.4 cm³/mol. The van der Waals surface area contributed by atoms with Gasteiger partial charge in [-0.25, -0.2) is 4.98 Å². The quantitative estimate of drug-likeness (QED) is 0.498. The molecule has 4 N–H and O–H groups in total. The third-order valence-corrected chi connectivity index (χ3v) is 2.28. The fourth-order valence-electron chi connectivity index (χ4n) is 1.29. The van der Waals surface area contributed by atoms with Crippen molar-refractivity contribution in [3.63, 3.8) is 0 Å². The highest BCUT2D eigenvalue weighted by Crippen LogP contribution is 2.07. The van der Waals surface area contributed by atoms with E-state index in [9.17, 15) is 4.79 Å². The van der Waals surface area contributed by atoms with Gasteiger partial charge in [-0.1, -0.05) is 13.8 Å². The Kier molecular flexibility index (Phi) is 5.73. The standard InChI is InChI=1S/C11H21N5O2/c1-7(2)9-14-10(16-15-9)11(18)13-5-4-12-6-8(3)17/h7-8,12,17H,4-6H2,1-3H3,(H,13,18)(H,14,15,16). The van der Waals surface area contributed by atoms with E-state index in [2.05, 4.69) is 25.8 Å². The van der Waals surface area contributed by atoms with Crippen LogP contribution in [0.3, 0.4) is 0 Å². The molecule has 0 aliphatic rings. The maximum absolute atomic E-state index is 11.6. The van der Waals surface area contributed by atoms with Gasteiger partial charge in [0.1, 0.15) is 5.82 Å². The monoisotopic (exact) mass is 255 g/mol. The average Bonchev–Trinajstić information content (AvgIpc) is 2.77. The minimum Gasteiger partial charge on any atom is -0.392 e. The number of aliphatic hydroxyl groups excluding tert-OH is 1. The van der Waals surface area contributed by atoms with E-state index in [0.717, 1.165) is 0 Å². The van der Waals surface area contributed by atoms with Crippen molar-refractivity contribution in [1.29, 1.82) is 0 Å². The Bertz CT molecular complexity index is 375. The normalized spacial score (nSPS) is 12.7. The van der Waals surface area contributed by atoms with Crippen LogP contribution in [0.5, 0.6) is 0 Å². The Morgan fingerprint density at radius 3 is 2.67 bits per heavy atom. The molecule has 0 radical (unpaired) electrons. The summed E-state index contributed by atoms with van der Waals surface area (Å²) in [7, 11) is 0. The van der Waals surface area contributed by atoms with E-state index in [1.165, 1.54) is 0 Å². The highest BCUT2D eigenvalue weighted by Gasteiger charge is 2.13. The van der Waals surface area contributed by atoms with E-state index in [0.29, 0.717) is 25.5 Å². The Morgan fingerprint density at radius 2 is 2.11 bits per heavy atom. The van der Waals surface area contributed by atoms with Crippen molar-refractivity contribution in [1.82, 2.24) is 25.8 Å². The van der Waals surface area contributed by atoms with Gasteiger partial charge < -0.3 is 15.7 Å². The molecule has 102 valence electrons. The summed E-state index contributed by atoms with van der Waals surface area (Å²) in [5.41, 5.74) is 0. The van der Waals surface area contributed by atoms with E-state index < -0.39 is 0 Å². The summed E-state index contributed by atoms with van der Waals surface area (Å²) in [6.07, 6.45) is -0.387. The summed E-state index contributed by atoms with van der Waals surface area (Å²) in [5, 5.41) is 21.3. The van der Waals surface area contributed by atoms with Crippen molar-refractivity contribution in [2.45, 2.75) is 32.8 Å². The Morgan fingerprint density at radius 1 is 1.39 bits per heavy atom. The number of nitrogens with one attached hydrogen (secondary N) is 3. The van der Waals surface area contributed by atoms with E-state index in [4.69, 9.17) is 5.11 Å². The molecule has 0 aliphatic carbocycles. The molecule has 18 heavy (non-hydrogen) atoms. The largest absolute Gasteiger partial charge is 0.392 e. The number of rotatable bonds is 7. The number of aliphatic hydroxyl groups is 1. The first kappa shape index (κ1) is 14.6. The maximum atomic E-state index is 11.6. The molecular formula is C11H21N5O2. The van der Waals surface area contributed by atoms with Crippen LogP contribution < -0.4 is 10.6 Å². The minimum atomic E-state index is -0.387. The van der Waals surface area contributed by atoms with Gasteiger partial charge >= 0.3 is 0 Å². The molecule has 1 aromatic rings. The van der Waals surface area contributed by atoms with Gasteiger partial charge in [0.25, 0.3) is 5.91 Å². The van der Waals surface area contributed by atoms with Crippen LogP contribution >= 0.6 is 0 Å². The van der Waals surface area contributed by atoms with Crippen molar-refractivity contribution < 1.29 is 9.90 Å². The number of carbonyl (C=O) groups is 1. The van der Waals surface area contributed by atoms with Gasteiger partial charge in [-0.05, 0) is 6.92 Å². The lowest BCUT2D eigenvalue weighted by molar-refractivity contribution is 0.0943. The Hall–Kier alpha value is -1.47. The number of nitrogens with zero attached hydrogens (tertiary/aromatic N) is 2. The average molecular weight is 255 g/mol. The van der Waals surface area contributed by atoms with E-state index in [-0.39, 0.29) is 23.8 Å². The third kappa shape index (κ3) is 4.80. The number of H-pyrrole nitrogens is 1. The second-order valence-corrected chi connectivity index (χ2v) is 4.51. The molecule has 0 saturated heterocycles. The van der Waals surface area contributed by atoms with Gasteiger partial charge in [-0.15, -0.1) is 5.10 Å². The molecule has 0 spiro atoms. The van der Waals surface area contributed by atoms with Crippen LogP contribution in [0.2, 0.25) is 0 Å². The smallest absolute Gasteiger partial charge is 0.291 e. The lowest BCUT2D eigenvalue weighted by Crippen LogP contribution is -2.34. The maximum Gasteiger partial charge on any atom is 0.291 e. The van der Waals surface area contributed by atoms with Gasteiger partial charge in [-0.3, -0.25) is 9.89 Å². The molecule has 1 unspecified atom stereocenters. The van der Waals surface area contributed by atoms with Crippen LogP contribution in [-0.2, 0) is 0 Å². The molecule has 1 atom stereocenters. The van der Waals surface area contributed by atoms with Crippen molar-refractivity contribution in [2.75, 3.05) is 19.6 Å². The molecule has 1 aromatic heterocycles. The third-order valence-electron chi connectivity index (χ3n) is 2.28.